The van der Waals surface area contributed by atoms with Crippen LogP contribution in [-0.4, -0.2) is 37.1 Å². The molecule has 142 valence electrons. The van der Waals surface area contributed by atoms with Gasteiger partial charge in [-0.3, -0.25) is 9.59 Å². The zero-order valence-corrected chi connectivity index (χ0v) is 15.4. The summed E-state index contributed by atoms with van der Waals surface area (Å²) in [6.07, 6.45) is 6.27. The number of fused-ring (bicyclic) bond motifs is 1. The molecule has 1 aromatic carbocycles. The van der Waals surface area contributed by atoms with E-state index in [0.29, 0.717) is 49.7 Å². The molecule has 2 amide bonds. The van der Waals surface area contributed by atoms with E-state index in [1.54, 1.807) is 18.2 Å². The molecule has 0 radical (unpaired) electrons. The average molecular weight is 360 g/mol. The first-order valence-corrected chi connectivity index (χ1v) is 9.66. The number of ether oxygens (including phenoxy) is 2. The van der Waals surface area contributed by atoms with Gasteiger partial charge < -0.3 is 20.1 Å². The maximum absolute atomic E-state index is 13.0. The standard InChI is InChI=1S/C20H28N2O4/c1-2-3-12-21-19(24)20(10-5-4-6-11-20)22-18(23)15-8-7-9-16-17(15)26-14-13-25-16/h7-9H,2-6,10-14H2,1H3,(H,21,24)(H,22,23). The van der Waals surface area contributed by atoms with Crippen molar-refractivity contribution in [3.05, 3.63) is 23.8 Å². The van der Waals surface area contributed by atoms with Gasteiger partial charge in [0.05, 0.1) is 5.56 Å². The molecule has 0 saturated heterocycles. The molecule has 0 atom stereocenters. The van der Waals surface area contributed by atoms with Crippen LogP contribution in [0.25, 0.3) is 0 Å². The summed E-state index contributed by atoms with van der Waals surface area (Å²) >= 11 is 0. The highest BCUT2D eigenvalue weighted by Gasteiger charge is 2.41. The summed E-state index contributed by atoms with van der Waals surface area (Å²) in [4.78, 5) is 25.9. The molecule has 6 nitrogen and oxygen atoms in total. The van der Waals surface area contributed by atoms with Crippen molar-refractivity contribution in [3.8, 4) is 11.5 Å². The van der Waals surface area contributed by atoms with Crippen LogP contribution in [0.4, 0.5) is 0 Å². The average Bonchev–Trinajstić information content (AvgIpc) is 2.68. The second-order valence-electron chi connectivity index (χ2n) is 7.04. The van der Waals surface area contributed by atoms with E-state index in [1.165, 1.54) is 0 Å². The molecule has 0 bridgehead atoms. The molecule has 26 heavy (non-hydrogen) atoms. The van der Waals surface area contributed by atoms with Crippen LogP contribution in [0, 0.1) is 0 Å². The number of carbonyl (C=O) groups is 2. The summed E-state index contributed by atoms with van der Waals surface area (Å²) in [5.41, 5.74) is -0.407. The first kappa shape index (κ1) is 18.5. The van der Waals surface area contributed by atoms with Crippen molar-refractivity contribution in [3.63, 3.8) is 0 Å². The summed E-state index contributed by atoms with van der Waals surface area (Å²) in [6.45, 7) is 3.62. The fourth-order valence-electron chi connectivity index (χ4n) is 3.65. The molecular formula is C20H28N2O4. The Balaban J connectivity index is 1.78. The minimum Gasteiger partial charge on any atom is -0.486 e. The maximum Gasteiger partial charge on any atom is 0.256 e. The summed E-state index contributed by atoms with van der Waals surface area (Å²) in [6, 6.07) is 5.28. The Morgan fingerprint density at radius 3 is 2.65 bits per heavy atom. The van der Waals surface area contributed by atoms with Crippen molar-refractivity contribution < 1.29 is 19.1 Å². The summed E-state index contributed by atoms with van der Waals surface area (Å²) in [5.74, 6) is 0.698. The third-order valence-electron chi connectivity index (χ3n) is 5.12. The van der Waals surface area contributed by atoms with Gasteiger partial charge in [-0.2, -0.15) is 0 Å². The van der Waals surface area contributed by atoms with Gasteiger partial charge in [-0.25, -0.2) is 0 Å². The smallest absolute Gasteiger partial charge is 0.256 e. The molecule has 6 heteroatoms. The van der Waals surface area contributed by atoms with Crippen LogP contribution in [0.5, 0.6) is 11.5 Å². The lowest BCUT2D eigenvalue weighted by atomic mass is 9.80. The summed E-state index contributed by atoms with van der Waals surface area (Å²) < 4.78 is 11.2. The fourth-order valence-corrected chi connectivity index (χ4v) is 3.65. The van der Waals surface area contributed by atoms with E-state index < -0.39 is 5.54 Å². The topological polar surface area (TPSA) is 76.7 Å². The van der Waals surface area contributed by atoms with E-state index in [2.05, 4.69) is 17.6 Å². The van der Waals surface area contributed by atoms with Crippen molar-refractivity contribution in [1.82, 2.24) is 10.6 Å². The Kier molecular flexibility index (Phi) is 6.01. The van der Waals surface area contributed by atoms with Crippen LogP contribution >= 0.6 is 0 Å². The van der Waals surface area contributed by atoms with Crippen molar-refractivity contribution >= 4 is 11.8 Å². The summed E-state index contributed by atoms with van der Waals surface area (Å²) in [5, 5.41) is 6.04. The molecule has 1 fully saturated rings. The number of amides is 2. The highest BCUT2D eigenvalue weighted by molar-refractivity contribution is 6.01. The molecule has 0 unspecified atom stereocenters. The summed E-state index contributed by atoms with van der Waals surface area (Å²) in [7, 11) is 0. The fraction of sp³-hybridized carbons (Fsp3) is 0.600. The first-order chi connectivity index (χ1) is 12.7. The van der Waals surface area contributed by atoms with Gasteiger partial charge in [0.25, 0.3) is 5.91 Å². The maximum atomic E-state index is 13.0. The SMILES string of the molecule is CCCCNC(=O)C1(NC(=O)c2cccc3c2OCCO3)CCCCC1. The van der Waals surface area contributed by atoms with Gasteiger partial charge in [0.1, 0.15) is 18.8 Å². The van der Waals surface area contributed by atoms with Crippen LogP contribution in [0.2, 0.25) is 0 Å². The number of para-hydroxylation sites is 1. The molecule has 0 aromatic heterocycles. The van der Waals surface area contributed by atoms with Gasteiger partial charge in [0, 0.05) is 6.54 Å². The van der Waals surface area contributed by atoms with Crippen LogP contribution < -0.4 is 20.1 Å². The molecule has 2 N–H and O–H groups in total. The third-order valence-corrected chi connectivity index (χ3v) is 5.12. The van der Waals surface area contributed by atoms with E-state index in [0.717, 1.165) is 32.1 Å². The lowest BCUT2D eigenvalue weighted by molar-refractivity contribution is -0.128. The Labute approximate surface area is 154 Å². The lowest BCUT2D eigenvalue weighted by Gasteiger charge is -2.37. The Morgan fingerprint density at radius 2 is 1.88 bits per heavy atom. The number of nitrogens with one attached hydrogen (secondary N) is 2. The van der Waals surface area contributed by atoms with Gasteiger partial charge in [0.2, 0.25) is 5.91 Å². The lowest BCUT2D eigenvalue weighted by Crippen LogP contribution is -2.59. The van der Waals surface area contributed by atoms with Crippen LogP contribution in [0.15, 0.2) is 18.2 Å². The number of carbonyl (C=O) groups excluding carboxylic acids is 2. The van der Waals surface area contributed by atoms with Crippen LogP contribution in [-0.2, 0) is 4.79 Å². The van der Waals surface area contributed by atoms with Crippen molar-refractivity contribution in [1.29, 1.82) is 0 Å². The Bertz CT molecular complexity index is 653. The van der Waals surface area contributed by atoms with Gasteiger partial charge in [-0.15, -0.1) is 0 Å². The molecule has 3 rings (SSSR count). The van der Waals surface area contributed by atoms with Gasteiger partial charge >= 0.3 is 0 Å². The van der Waals surface area contributed by atoms with Gasteiger partial charge in [-0.1, -0.05) is 38.7 Å². The number of hydrogen-bond donors (Lipinski definition) is 2. The minimum atomic E-state index is -0.832. The molecule has 1 aliphatic carbocycles. The third kappa shape index (κ3) is 3.94. The largest absolute Gasteiger partial charge is 0.486 e. The highest BCUT2D eigenvalue weighted by Crippen LogP contribution is 2.35. The first-order valence-electron chi connectivity index (χ1n) is 9.66. The number of hydrogen-bond acceptors (Lipinski definition) is 4. The van der Waals surface area contributed by atoms with Crippen molar-refractivity contribution in [2.45, 2.75) is 57.4 Å². The second-order valence-corrected chi connectivity index (χ2v) is 7.04. The quantitative estimate of drug-likeness (QED) is 0.765. The number of benzene rings is 1. The van der Waals surface area contributed by atoms with Crippen molar-refractivity contribution in [2.75, 3.05) is 19.8 Å². The minimum absolute atomic E-state index is 0.0685. The molecular weight excluding hydrogens is 332 g/mol. The number of rotatable bonds is 6. The van der Waals surface area contributed by atoms with E-state index >= 15 is 0 Å². The van der Waals surface area contributed by atoms with E-state index in [1.807, 2.05) is 0 Å². The molecule has 0 spiro atoms. The molecule has 1 aromatic rings. The van der Waals surface area contributed by atoms with Gasteiger partial charge in [0.15, 0.2) is 11.5 Å². The molecule has 1 aliphatic heterocycles. The predicted octanol–water partition coefficient (Wildman–Crippen LogP) is 2.81. The monoisotopic (exact) mass is 360 g/mol. The van der Waals surface area contributed by atoms with Crippen LogP contribution in [0.3, 0.4) is 0 Å². The van der Waals surface area contributed by atoms with E-state index in [9.17, 15) is 9.59 Å². The highest BCUT2D eigenvalue weighted by atomic mass is 16.6. The predicted molar refractivity (Wildman–Crippen MR) is 98.6 cm³/mol. The van der Waals surface area contributed by atoms with E-state index in [-0.39, 0.29) is 11.8 Å². The Hall–Kier alpha value is -2.24. The zero-order valence-electron chi connectivity index (χ0n) is 15.4. The van der Waals surface area contributed by atoms with Gasteiger partial charge in [-0.05, 0) is 31.4 Å². The van der Waals surface area contributed by atoms with Crippen LogP contribution in [0.1, 0.15) is 62.2 Å². The van der Waals surface area contributed by atoms with Crippen molar-refractivity contribution in [2.24, 2.45) is 0 Å². The second kappa shape index (κ2) is 8.43. The molecule has 1 heterocycles. The van der Waals surface area contributed by atoms with E-state index in [4.69, 9.17) is 9.47 Å². The molecule has 2 aliphatic rings. The normalized spacial score (nSPS) is 18.0. The Morgan fingerprint density at radius 1 is 1.12 bits per heavy atom. The number of unbranched alkanes of at least 4 members (excludes halogenated alkanes) is 1. The molecule has 1 saturated carbocycles. The zero-order chi connectivity index (χ0) is 18.4.